The van der Waals surface area contributed by atoms with Gasteiger partial charge in [0.1, 0.15) is 23.9 Å². The van der Waals surface area contributed by atoms with Crippen LogP contribution in [0.4, 0.5) is 13.2 Å². The van der Waals surface area contributed by atoms with Gasteiger partial charge in [0.05, 0.1) is 30.6 Å². The molecule has 0 unspecified atom stereocenters. The van der Waals surface area contributed by atoms with Crippen molar-refractivity contribution in [2.75, 3.05) is 20.3 Å². The Labute approximate surface area is 222 Å². The molecule has 202 valence electrons. The summed E-state index contributed by atoms with van der Waals surface area (Å²) in [6.07, 6.45) is 1.49. The van der Waals surface area contributed by atoms with Gasteiger partial charge in [0.15, 0.2) is 5.69 Å². The zero-order chi connectivity index (χ0) is 27.9. The third kappa shape index (κ3) is 4.97. The monoisotopic (exact) mass is 538 g/mol. The van der Waals surface area contributed by atoms with Crippen molar-refractivity contribution in [3.63, 3.8) is 0 Å². The van der Waals surface area contributed by atoms with E-state index in [0.717, 1.165) is 4.68 Å². The number of fused-ring (bicyclic) bond motifs is 1. The summed E-state index contributed by atoms with van der Waals surface area (Å²) in [7, 11) is 2.93. The van der Waals surface area contributed by atoms with Crippen LogP contribution in [0.15, 0.2) is 55.6 Å². The lowest BCUT2D eigenvalue weighted by atomic mass is 9.97. The number of benzene rings is 1. The molecule has 0 bridgehead atoms. The van der Waals surface area contributed by atoms with Crippen LogP contribution in [0.25, 0.3) is 16.8 Å². The van der Waals surface area contributed by atoms with E-state index in [1.807, 2.05) is 11.5 Å². The van der Waals surface area contributed by atoms with Crippen LogP contribution in [0.3, 0.4) is 0 Å². The maximum atomic E-state index is 14.0. The molecular weight excluding hydrogens is 513 g/mol. The second kappa shape index (κ2) is 9.93. The number of hydrogen-bond acceptors (Lipinski definition) is 6. The summed E-state index contributed by atoms with van der Waals surface area (Å²) in [5.74, 6) is 0.834. The first kappa shape index (κ1) is 26.0. The van der Waals surface area contributed by atoms with Gasteiger partial charge in [-0.1, -0.05) is 6.58 Å². The minimum absolute atomic E-state index is 0.0241. The van der Waals surface area contributed by atoms with Gasteiger partial charge in [-0.2, -0.15) is 18.3 Å². The average molecular weight is 539 g/mol. The fourth-order valence-corrected chi connectivity index (χ4v) is 4.53. The Morgan fingerprint density at radius 1 is 1.15 bits per heavy atom. The van der Waals surface area contributed by atoms with E-state index in [-0.39, 0.29) is 42.1 Å². The first-order valence-corrected chi connectivity index (χ1v) is 12.0. The second-order valence-corrected chi connectivity index (χ2v) is 9.02. The minimum Gasteiger partial charge on any atom is -0.497 e. The van der Waals surface area contributed by atoms with E-state index in [1.54, 1.807) is 36.7 Å². The molecule has 0 spiro atoms. The van der Waals surface area contributed by atoms with Crippen LogP contribution in [-0.4, -0.2) is 55.4 Å². The summed E-state index contributed by atoms with van der Waals surface area (Å²) in [5, 5.41) is 3.66. The summed E-state index contributed by atoms with van der Waals surface area (Å²) in [5.41, 5.74) is 0.309. The van der Waals surface area contributed by atoms with E-state index >= 15 is 0 Å². The molecule has 0 saturated heterocycles. The maximum absolute atomic E-state index is 14.0. The highest BCUT2D eigenvalue weighted by Gasteiger charge is 2.39. The second-order valence-electron chi connectivity index (χ2n) is 9.02. The molecule has 4 heterocycles. The smallest absolute Gasteiger partial charge is 0.435 e. The summed E-state index contributed by atoms with van der Waals surface area (Å²) < 4.78 is 56.1. The van der Waals surface area contributed by atoms with Gasteiger partial charge in [0.25, 0.3) is 5.91 Å². The van der Waals surface area contributed by atoms with Crippen LogP contribution in [0, 0.1) is 6.92 Å². The summed E-state index contributed by atoms with van der Waals surface area (Å²) >= 11 is 0. The van der Waals surface area contributed by atoms with Crippen LogP contribution in [0.1, 0.15) is 33.1 Å². The number of imidazole rings is 1. The van der Waals surface area contributed by atoms with Gasteiger partial charge >= 0.3 is 6.18 Å². The Morgan fingerprint density at radius 2 is 1.92 bits per heavy atom. The SMILES string of the molecule is C=C(c1cc(OC)ccn1)N1CCOc2c(cc(Cn3ccnc3C)cc2-c2cn(C)nc2C(F)(F)F)C1=O. The molecular formula is C27H25F3N6O3. The molecule has 4 aromatic rings. The van der Waals surface area contributed by atoms with Crippen molar-refractivity contribution in [2.45, 2.75) is 19.6 Å². The van der Waals surface area contributed by atoms with Gasteiger partial charge < -0.3 is 18.9 Å². The highest BCUT2D eigenvalue weighted by Crippen LogP contribution is 2.43. The summed E-state index contributed by atoms with van der Waals surface area (Å²) in [6, 6.07) is 6.56. The topological polar surface area (TPSA) is 87.3 Å². The van der Waals surface area contributed by atoms with Crippen LogP contribution in [0.2, 0.25) is 0 Å². The van der Waals surface area contributed by atoms with E-state index in [1.165, 1.54) is 31.5 Å². The van der Waals surface area contributed by atoms with Crippen molar-refractivity contribution in [3.05, 3.63) is 84.0 Å². The Kier molecular flexibility index (Phi) is 6.62. The molecule has 12 heteroatoms. The third-order valence-electron chi connectivity index (χ3n) is 6.44. The molecule has 0 fully saturated rings. The molecule has 5 rings (SSSR count). The fraction of sp³-hybridized carbons (Fsp3) is 0.259. The lowest BCUT2D eigenvalue weighted by Crippen LogP contribution is -2.31. The van der Waals surface area contributed by atoms with Crippen LogP contribution in [-0.2, 0) is 19.8 Å². The van der Waals surface area contributed by atoms with E-state index in [9.17, 15) is 18.0 Å². The number of alkyl halides is 3. The predicted octanol–water partition coefficient (Wildman–Crippen LogP) is 4.57. The zero-order valence-corrected chi connectivity index (χ0v) is 21.5. The zero-order valence-electron chi connectivity index (χ0n) is 21.5. The number of nitrogens with zero attached hydrogens (tertiary/aromatic N) is 6. The minimum atomic E-state index is -4.71. The molecule has 0 N–H and O–H groups in total. The number of carbonyl (C=O) groups excluding carboxylic acids is 1. The quantitative estimate of drug-likeness (QED) is 0.358. The number of methoxy groups -OCH3 is 1. The molecule has 1 aliphatic rings. The normalized spacial score (nSPS) is 13.6. The Morgan fingerprint density at radius 3 is 2.62 bits per heavy atom. The van der Waals surface area contributed by atoms with Gasteiger partial charge in [-0.3, -0.25) is 14.5 Å². The van der Waals surface area contributed by atoms with E-state index in [2.05, 4.69) is 21.6 Å². The van der Waals surface area contributed by atoms with Crippen LogP contribution in [0.5, 0.6) is 11.5 Å². The maximum Gasteiger partial charge on any atom is 0.435 e. The number of hydrogen-bond donors (Lipinski definition) is 0. The molecule has 39 heavy (non-hydrogen) atoms. The van der Waals surface area contributed by atoms with Crippen molar-refractivity contribution < 1.29 is 27.4 Å². The van der Waals surface area contributed by atoms with Crippen molar-refractivity contribution >= 4 is 11.6 Å². The highest BCUT2D eigenvalue weighted by molar-refractivity contribution is 6.04. The molecule has 0 saturated carbocycles. The number of pyridine rings is 1. The number of carbonyl (C=O) groups is 1. The van der Waals surface area contributed by atoms with Gasteiger partial charge in [-0.05, 0) is 30.7 Å². The number of halogens is 3. The van der Waals surface area contributed by atoms with Crippen molar-refractivity contribution in [2.24, 2.45) is 7.05 Å². The van der Waals surface area contributed by atoms with Gasteiger partial charge in [0.2, 0.25) is 0 Å². The molecule has 1 aliphatic heterocycles. The molecule has 1 amide bonds. The van der Waals surface area contributed by atoms with Crippen molar-refractivity contribution in [1.82, 2.24) is 29.2 Å². The Bertz CT molecular complexity index is 1570. The molecule has 0 atom stereocenters. The van der Waals surface area contributed by atoms with E-state index in [0.29, 0.717) is 28.5 Å². The molecule has 1 aromatic carbocycles. The Hall–Kier alpha value is -4.61. The lowest BCUT2D eigenvalue weighted by molar-refractivity contribution is -0.140. The summed E-state index contributed by atoms with van der Waals surface area (Å²) in [6.45, 7) is 6.30. The third-order valence-corrected chi connectivity index (χ3v) is 6.44. The number of ether oxygens (including phenoxy) is 2. The number of amides is 1. The molecule has 9 nitrogen and oxygen atoms in total. The highest BCUT2D eigenvalue weighted by atomic mass is 19.4. The predicted molar refractivity (Wildman–Crippen MR) is 136 cm³/mol. The largest absolute Gasteiger partial charge is 0.497 e. The first-order valence-electron chi connectivity index (χ1n) is 12.0. The fourth-order valence-electron chi connectivity index (χ4n) is 4.53. The van der Waals surface area contributed by atoms with Gasteiger partial charge in [-0.25, -0.2) is 4.98 Å². The van der Waals surface area contributed by atoms with Crippen molar-refractivity contribution in [3.8, 4) is 22.6 Å². The molecule has 3 aromatic heterocycles. The van der Waals surface area contributed by atoms with Gasteiger partial charge in [-0.15, -0.1) is 0 Å². The van der Waals surface area contributed by atoms with Crippen LogP contribution >= 0.6 is 0 Å². The molecule has 0 radical (unpaired) electrons. The summed E-state index contributed by atoms with van der Waals surface area (Å²) in [4.78, 5) is 23.9. The molecule has 0 aliphatic carbocycles. The standard InChI is InChI=1S/C27H25F3N6O3/c1-16(23-13-19(38-4)5-6-32-23)36-9-10-39-24-20(22-15-34(3)33-25(22)27(28,29)30)11-18(12-21(24)26(36)37)14-35-8-7-31-17(35)2/h5-8,11-13,15H,1,9-10,14H2,2-4H3. The van der Waals surface area contributed by atoms with Crippen LogP contribution < -0.4 is 9.47 Å². The number of aromatic nitrogens is 5. The lowest BCUT2D eigenvalue weighted by Gasteiger charge is -2.22. The number of rotatable bonds is 6. The van der Waals surface area contributed by atoms with Gasteiger partial charge in [0, 0.05) is 55.6 Å². The van der Waals surface area contributed by atoms with E-state index < -0.39 is 17.8 Å². The van der Waals surface area contributed by atoms with E-state index in [4.69, 9.17) is 9.47 Å². The number of aryl methyl sites for hydroxylation is 2. The Balaban J connectivity index is 1.66. The van der Waals surface area contributed by atoms with Crippen molar-refractivity contribution in [1.29, 1.82) is 0 Å². The average Bonchev–Trinajstić information content (AvgIpc) is 3.46. The first-order chi connectivity index (χ1) is 18.6.